The number of carbonyl (C=O) groups excluding carboxylic acids is 1. The van der Waals surface area contributed by atoms with Crippen LogP contribution in [0, 0.1) is 0 Å². The molecule has 6 heteroatoms. The van der Waals surface area contributed by atoms with Crippen molar-refractivity contribution >= 4 is 23.8 Å². The SMILES string of the molecule is NCC(=O)CC1=NOSN1. The average molecular weight is 161 g/mol. The maximum atomic E-state index is 10.7. The minimum Gasteiger partial charge on any atom is -0.324 e. The van der Waals surface area contributed by atoms with Crippen molar-refractivity contribution < 1.29 is 9.08 Å². The summed E-state index contributed by atoms with van der Waals surface area (Å²) in [6.07, 6.45) is 0.226. The third-order valence-electron chi connectivity index (χ3n) is 0.936. The molecule has 0 saturated carbocycles. The number of nitrogens with two attached hydrogens (primary N) is 1. The topological polar surface area (TPSA) is 76.7 Å². The molecule has 1 aliphatic heterocycles. The molecular formula is C4H7N3O2S. The van der Waals surface area contributed by atoms with Crippen molar-refractivity contribution in [1.29, 1.82) is 0 Å². The first-order valence-electron chi connectivity index (χ1n) is 2.70. The van der Waals surface area contributed by atoms with E-state index in [0.29, 0.717) is 5.84 Å². The van der Waals surface area contributed by atoms with Crippen molar-refractivity contribution in [2.75, 3.05) is 6.54 Å². The Morgan fingerprint density at radius 3 is 3.20 bits per heavy atom. The van der Waals surface area contributed by atoms with Crippen LogP contribution in [0.5, 0.6) is 0 Å². The van der Waals surface area contributed by atoms with Gasteiger partial charge in [-0.1, -0.05) is 5.16 Å². The summed E-state index contributed by atoms with van der Waals surface area (Å²) in [6.45, 7) is 0.0470. The van der Waals surface area contributed by atoms with E-state index in [0.717, 1.165) is 12.2 Å². The Balaban J connectivity index is 2.30. The van der Waals surface area contributed by atoms with Gasteiger partial charge in [0.25, 0.3) is 0 Å². The van der Waals surface area contributed by atoms with Crippen LogP contribution >= 0.6 is 12.2 Å². The van der Waals surface area contributed by atoms with Crippen molar-refractivity contribution in [3.63, 3.8) is 0 Å². The number of hydrogen-bond donors (Lipinski definition) is 2. The van der Waals surface area contributed by atoms with E-state index in [4.69, 9.17) is 5.73 Å². The first-order chi connectivity index (χ1) is 4.83. The van der Waals surface area contributed by atoms with E-state index < -0.39 is 0 Å². The van der Waals surface area contributed by atoms with Crippen molar-refractivity contribution in [3.05, 3.63) is 0 Å². The summed E-state index contributed by atoms with van der Waals surface area (Å²) < 4.78 is 7.19. The molecule has 0 bridgehead atoms. The van der Waals surface area contributed by atoms with Gasteiger partial charge in [0.05, 0.1) is 13.0 Å². The Bertz CT molecular complexity index is 170. The molecule has 0 aromatic carbocycles. The lowest BCUT2D eigenvalue weighted by Gasteiger charge is -1.92. The number of rotatable bonds is 3. The monoisotopic (exact) mass is 161 g/mol. The van der Waals surface area contributed by atoms with Gasteiger partial charge < -0.3 is 5.73 Å². The Morgan fingerprint density at radius 2 is 2.70 bits per heavy atom. The molecule has 0 aromatic rings. The van der Waals surface area contributed by atoms with Crippen LogP contribution in [0.2, 0.25) is 0 Å². The number of carbonyl (C=O) groups is 1. The van der Waals surface area contributed by atoms with E-state index in [1.54, 1.807) is 0 Å². The van der Waals surface area contributed by atoms with Crippen LogP contribution in [0.15, 0.2) is 5.16 Å². The fraction of sp³-hybridized carbons (Fsp3) is 0.500. The first-order valence-corrected chi connectivity index (χ1v) is 3.44. The summed E-state index contributed by atoms with van der Waals surface area (Å²) in [5, 5.41) is 3.52. The fourth-order valence-electron chi connectivity index (χ4n) is 0.476. The lowest BCUT2D eigenvalue weighted by Crippen LogP contribution is -2.21. The normalized spacial score (nSPS) is 15.5. The summed E-state index contributed by atoms with van der Waals surface area (Å²) in [4.78, 5) is 10.7. The van der Waals surface area contributed by atoms with Gasteiger partial charge in [0.1, 0.15) is 0 Å². The molecule has 1 rings (SSSR count). The zero-order valence-electron chi connectivity index (χ0n) is 5.16. The van der Waals surface area contributed by atoms with Crippen LogP contribution < -0.4 is 10.5 Å². The second-order valence-corrected chi connectivity index (χ2v) is 2.24. The maximum Gasteiger partial charge on any atom is 0.208 e. The number of nitrogens with one attached hydrogen (secondary N) is 1. The molecule has 1 aliphatic rings. The molecule has 0 radical (unpaired) electrons. The summed E-state index contributed by atoms with van der Waals surface area (Å²) in [6, 6.07) is 0. The molecule has 0 aromatic heterocycles. The van der Waals surface area contributed by atoms with Gasteiger partial charge in [-0.05, 0) is 0 Å². The quantitative estimate of drug-likeness (QED) is 0.427. The predicted octanol–water partition coefficient (Wildman–Crippen LogP) is -0.599. The third-order valence-corrected chi connectivity index (χ3v) is 1.40. The van der Waals surface area contributed by atoms with Crippen LogP contribution in [-0.4, -0.2) is 18.2 Å². The zero-order chi connectivity index (χ0) is 7.40. The maximum absolute atomic E-state index is 10.7. The highest BCUT2D eigenvalue weighted by Gasteiger charge is 2.11. The molecule has 0 spiro atoms. The molecule has 0 unspecified atom stereocenters. The second kappa shape index (κ2) is 3.43. The minimum atomic E-state index is -0.0580. The number of nitrogens with zero attached hydrogens (tertiary/aromatic N) is 1. The van der Waals surface area contributed by atoms with Crippen molar-refractivity contribution in [2.24, 2.45) is 10.9 Å². The van der Waals surface area contributed by atoms with E-state index in [1.807, 2.05) is 0 Å². The molecule has 1 heterocycles. The van der Waals surface area contributed by atoms with Crippen LogP contribution in [0.25, 0.3) is 0 Å². The highest BCUT2D eigenvalue weighted by atomic mass is 32.2. The standard InChI is InChI=1S/C4H7N3O2S/c5-2-3(8)1-4-6-9-10-7-4/h1-2,5H2,(H,6,7). The van der Waals surface area contributed by atoms with Gasteiger partial charge in [-0.2, -0.15) is 0 Å². The number of hydrogen-bond acceptors (Lipinski definition) is 6. The third kappa shape index (κ3) is 1.89. The molecule has 0 aliphatic carbocycles. The number of ketones is 1. The summed E-state index contributed by atoms with van der Waals surface area (Å²) in [5.74, 6) is 0.470. The van der Waals surface area contributed by atoms with E-state index in [-0.39, 0.29) is 18.7 Å². The van der Waals surface area contributed by atoms with Crippen molar-refractivity contribution in [2.45, 2.75) is 6.42 Å². The summed E-state index contributed by atoms with van der Waals surface area (Å²) in [7, 11) is 0. The van der Waals surface area contributed by atoms with Crippen LogP contribution in [0.4, 0.5) is 0 Å². The number of oxime groups is 1. The summed E-state index contributed by atoms with van der Waals surface area (Å²) in [5.41, 5.74) is 5.07. The lowest BCUT2D eigenvalue weighted by molar-refractivity contribution is -0.116. The molecule has 0 saturated heterocycles. The number of Topliss-reactive ketones (excluding diaryl/α,β-unsaturated/α-hetero) is 1. The van der Waals surface area contributed by atoms with Gasteiger partial charge in [-0.15, -0.1) is 0 Å². The molecule has 0 amide bonds. The van der Waals surface area contributed by atoms with Gasteiger partial charge in [0.15, 0.2) is 11.6 Å². The van der Waals surface area contributed by atoms with Gasteiger partial charge in [-0.3, -0.25) is 13.8 Å². The molecule has 0 atom stereocenters. The Morgan fingerprint density at radius 1 is 1.90 bits per heavy atom. The zero-order valence-corrected chi connectivity index (χ0v) is 5.98. The molecular weight excluding hydrogens is 154 g/mol. The fourth-order valence-corrected chi connectivity index (χ4v) is 0.846. The van der Waals surface area contributed by atoms with Gasteiger partial charge >= 0.3 is 0 Å². The number of amidine groups is 1. The van der Waals surface area contributed by atoms with Crippen molar-refractivity contribution in [3.8, 4) is 0 Å². The molecule has 5 nitrogen and oxygen atoms in total. The highest BCUT2D eigenvalue weighted by molar-refractivity contribution is 7.93. The molecule has 10 heavy (non-hydrogen) atoms. The van der Waals surface area contributed by atoms with E-state index in [9.17, 15) is 4.79 Å². The highest BCUT2D eigenvalue weighted by Crippen LogP contribution is 2.06. The van der Waals surface area contributed by atoms with E-state index in [1.165, 1.54) is 0 Å². The lowest BCUT2D eigenvalue weighted by atomic mass is 10.3. The van der Waals surface area contributed by atoms with E-state index in [2.05, 4.69) is 14.2 Å². The largest absolute Gasteiger partial charge is 0.324 e. The van der Waals surface area contributed by atoms with Crippen LogP contribution in [-0.2, 0) is 9.08 Å². The molecule has 3 N–H and O–H groups in total. The molecule has 0 fully saturated rings. The first kappa shape index (κ1) is 7.36. The van der Waals surface area contributed by atoms with Crippen molar-refractivity contribution in [1.82, 2.24) is 4.72 Å². The average Bonchev–Trinajstić information content (AvgIpc) is 2.40. The smallest absolute Gasteiger partial charge is 0.208 e. The Hall–Kier alpha value is -0.750. The van der Waals surface area contributed by atoms with Gasteiger partial charge in [0.2, 0.25) is 12.2 Å². The second-order valence-electron chi connectivity index (χ2n) is 1.72. The minimum absolute atomic E-state index is 0.0470. The van der Waals surface area contributed by atoms with E-state index >= 15 is 0 Å². The predicted molar refractivity (Wildman–Crippen MR) is 37.9 cm³/mol. The van der Waals surface area contributed by atoms with Crippen LogP contribution in [0.1, 0.15) is 6.42 Å². The Kier molecular flexibility index (Phi) is 2.52. The van der Waals surface area contributed by atoms with Gasteiger partial charge in [-0.25, -0.2) is 0 Å². The molecule has 56 valence electrons. The Labute approximate surface area is 62.3 Å². The van der Waals surface area contributed by atoms with Crippen LogP contribution in [0.3, 0.4) is 0 Å². The van der Waals surface area contributed by atoms with Gasteiger partial charge in [0, 0.05) is 0 Å². The summed E-state index contributed by atoms with van der Waals surface area (Å²) >= 11 is 0.988.